The second kappa shape index (κ2) is 5.19. The van der Waals surface area contributed by atoms with Crippen LogP contribution in [0.25, 0.3) is 0 Å². The van der Waals surface area contributed by atoms with Crippen molar-refractivity contribution in [2.45, 2.75) is 6.92 Å². The average Bonchev–Trinajstić information content (AvgIpc) is 2.39. The largest absolute Gasteiger partial charge is 0.354 e. The molecule has 0 aromatic heterocycles. The molecule has 5 nitrogen and oxygen atoms in total. The van der Waals surface area contributed by atoms with Crippen LogP contribution in [0.4, 0.5) is 17.1 Å². The quantitative estimate of drug-likeness (QED) is 0.670. The van der Waals surface area contributed by atoms with Crippen LogP contribution in [0.2, 0.25) is 0 Å². The van der Waals surface area contributed by atoms with Gasteiger partial charge in [0.15, 0.2) is 0 Å². The first-order chi connectivity index (χ1) is 9.10. The summed E-state index contributed by atoms with van der Waals surface area (Å²) in [7, 11) is 0. The Hall–Kier alpha value is -2.87. The molecule has 2 aromatic carbocycles. The first-order valence-electron chi connectivity index (χ1n) is 5.62. The SMILES string of the molecule is Cc1cccc(Nc2ccc([N+](=O)[O-])cc2C#N)c1. The second-order valence-electron chi connectivity index (χ2n) is 4.09. The lowest BCUT2D eigenvalue weighted by Gasteiger charge is -2.08. The maximum atomic E-state index is 10.7. The van der Waals surface area contributed by atoms with Crippen LogP contribution in [0.15, 0.2) is 42.5 Å². The van der Waals surface area contributed by atoms with Crippen LogP contribution in [-0.2, 0) is 0 Å². The van der Waals surface area contributed by atoms with Gasteiger partial charge in [-0.2, -0.15) is 5.26 Å². The summed E-state index contributed by atoms with van der Waals surface area (Å²) < 4.78 is 0. The summed E-state index contributed by atoms with van der Waals surface area (Å²) in [5.74, 6) is 0. The molecule has 0 amide bonds. The van der Waals surface area contributed by atoms with Crippen LogP contribution in [0, 0.1) is 28.4 Å². The van der Waals surface area contributed by atoms with Crippen LogP contribution in [0.3, 0.4) is 0 Å². The molecule has 94 valence electrons. The molecular formula is C14H11N3O2. The zero-order chi connectivity index (χ0) is 13.8. The predicted octanol–water partition coefficient (Wildman–Crippen LogP) is 3.52. The molecular weight excluding hydrogens is 242 g/mol. The highest BCUT2D eigenvalue weighted by Gasteiger charge is 2.10. The number of rotatable bonds is 3. The molecule has 0 saturated carbocycles. The Morgan fingerprint density at radius 3 is 2.68 bits per heavy atom. The van der Waals surface area contributed by atoms with Crippen molar-refractivity contribution in [2.75, 3.05) is 5.32 Å². The molecule has 2 rings (SSSR count). The summed E-state index contributed by atoms with van der Waals surface area (Å²) in [6.07, 6.45) is 0. The molecule has 0 radical (unpaired) electrons. The summed E-state index contributed by atoms with van der Waals surface area (Å²) in [5, 5.41) is 22.8. The third kappa shape index (κ3) is 2.87. The summed E-state index contributed by atoms with van der Waals surface area (Å²) in [5.41, 5.74) is 2.64. The molecule has 5 heteroatoms. The standard InChI is InChI=1S/C14H11N3O2/c1-10-3-2-4-12(7-10)16-14-6-5-13(17(18)19)8-11(14)9-15/h2-8,16H,1H3. The van der Waals surface area contributed by atoms with Crippen molar-refractivity contribution in [3.63, 3.8) is 0 Å². The molecule has 19 heavy (non-hydrogen) atoms. The highest BCUT2D eigenvalue weighted by Crippen LogP contribution is 2.25. The van der Waals surface area contributed by atoms with Crippen molar-refractivity contribution in [1.29, 1.82) is 5.26 Å². The number of hydrogen-bond acceptors (Lipinski definition) is 4. The Labute approximate surface area is 110 Å². The topological polar surface area (TPSA) is 79.0 Å². The molecule has 0 saturated heterocycles. The third-order valence-corrected chi connectivity index (χ3v) is 2.63. The van der Waals surface area contributed by atoms with Crippen molar-refractivity contribution in [1.82, 2.24) is 0 Å². The number of non-ortho nitro benzene ring substituents is 1. The number of nitro groups is 1. The van der Waals surface area contributed by atoms with Gasteiger partial charge in [-0.25, -0.2) is 0 Å². The maximum Gasteiger partial charge on any atom is 0.270 e. The predicted molar refractivity (Wildman–Crippen MR) is 72.3 cm³/mol. The van der Waals surface area contributed by atoms with E-state index in [1.807, 2.05) is 37.3 Å². The van der Waals surface area contributed by atoms with E-state index in [0.717, 1.165) is 11.3 Å². The zero-order valence-electron chi connectivity index (χ0n) is 10.3. The van der Waals surface area contributed by atoms with E-state index in [1.54, 1.807) is 6.07 Å². The first kappa shape index (κ1) is 12.6. The van der Waals surface area contributed by atoms with Gasteiger partial charge in [0, 0.05) is 17.8 Å². The molecule has 2 aromatic rings. The fraction of sp³-hybridized carbons (Fsp3) is 0.0714. The molecule has 0 bridgehead atoms. The molecule has 0 spiro atoms. The Morgan fingerprint density at radius 1 is 1.26 bits per heavy atom. The minimum Gasteiger partial charge on any atom is -0.354 e. The van der Waals surface area contributed by atoms with Gasteiger partial charge in [0.2, 0.25) is 0 Å². The minimum atomic E-state index is -0.517. The number of nitriles is 1. The van der Waals surface area contributed by atoms with Crippen molar-refractivity contribution in [2.24, 2.45) is 0 Å². The fourth-order valence-electron chi connectivity index (χ4n) is 1.73. The van der Waals surface area contributed by atoms with Crippen molar-refractivity contribution >= 4 is 17.1 Å². The number of benzene rings is 2. The third-order valence-electron chi connectivity index (χ3n) is 2.63. The van der Waals surface area contributed by atoms with E-state index in [2.05, 4.69) is 5.32 Å². The number of nitrogens with zero attached hydrogens (tertiary/aromatic N) is 2. The zero-order valence-corrected chi connectivity index (χ0v) is 10.3. The molecule has 0 fully saturated rings. The van der Waals surface area contributed by atoms with Crippen LogP contribution in [0.5, 0.6) is 0 Å². The van der Waals surface area contributed by atoms with Gasteiger partial charge in [0.25, 0.3) is 5.69 Å². The van der Waals surface area contributed by atoms with Gasteiger partial charge < -0.3 is 5.32 Å². The highest BCUT2D eigenvalue weighted by atomic mass is 16.6. The van der Waals surface area contributed by atoms with E-state index in [9.17, 15) is 10.1 Å². The molecule has 0 aliphatic heterocycles. The van der Waals surface area contributed by atoms with Crippen molar-refractivity contribution < 1.29 is 4.92 Å². The second-order valence-corrected chi connectivity index (χ2v) is 4.09. The van der Waals surface area contributed by atoms with Crippen LogP contribution >= 0.6 is 0 Å². The van der Waals surface area contributed by atoms with Crippen LogP contribution in [0.1, 0.15) is 11.1 Å². The number of hydrogen-bond donors (Lipinski definition) is 1. The fourth-order valence-corrected chi connectivity index (χ4v) is 1.73. The lowest BCUT2D eigenvalue weighted by atomic mass is 10.1. The van der Waals surface area contributed by atoms with E-state index in [4.69, 9.17) is 5.26 Å². The van der Waals surface area contributed by atoms with E-state index in [0.29, 0.717) is 5.69 Å². The van der Waals surface area contributed by atoms with Gasteiger partial charge >= 0.3 is 0 Å². The van der Waals surface area contributed by atoms with Gasteiger partial charge in [-0.05, 0) is 30.7 Å². The number of aryl methyl sites for hydroxylation is 1. The van der Waals surface area contributed by atoms with Crippen molar-refractivity contribution in [3.8, 4) is 6.07 Å². The van der Waals surface area contributed by atoms with E-state index >= 15 is 0 Å². The molecule has 0 atom stereocenters. The van der Waals surface area contributed by atoms with E-state index in [-0.39, 0.29) is 11.3 Å². The Balaban J connectivity index is 2.36. The molecule has 0 unspecified atom stereocenters. The van der Waals surface area contributed by atoms with Gasteiger partial charge in [0.1, 0.15) is 6.07 Å². The minimum absolute atomic E-state index is 0.0913. The van der Waals surface area contributed by atoms with Gasteiger partial charge in [-0.1, -0.05) is 12.1 Å². The Bertz CT molecular complexity index is 675. The maximum absolute atomic E-state index is 10.7. The summed E-state index contributed by atoms with van der Waals surface area (Å²) >= 11 is 0. The molecule has 0 heterocycles. The number of nitro benzene ring substituents is 1. The van der Waals surface area contributed by atoms with E-state index in [1.165, 1.54) is 12.1 Å². The lowest BCUT2D eigenvalue weighted by molar-refractivity contribution is -0.384. The molecule has 0 aliphatic carbocycles. The number of nitrogens with one attached hydrogen (secondary N) is 1. The van der Waals surface area contributed by atoms with Crippen molar-refractivity contribution in [3.05, 3.63) is 63.7 Å². The summed E-state index contributed by atoms with van der Waals surface area (Å²) in [6, 6.07) is 13.8. The lowest BCUT2D eigenvalue weighted by Crippen LogP contribution is -1.96. The number of anilines is 2. The Morgan fingerprint density at radius 2 is 2.05 bits per heavy atom. The molecule has 1 N–H and O–H groups in total. The average molecular weight is 253 g/mol. The normalized spacial score (nSPS) is 9.68. The summed E-state index contributed by atoms with van der Waals surface area (Å²) in [6.45, 7) is 1.96. The smallest absolute Gasteiger partial charge is 0.270 e. The molecule has 0 aliphatic rings. The first-order valence-corrected chi connectivity index (χ1v) is 5.62. The monoisotopic (exact) mass is 253 g/mol. The van der Waals surface area contributed by atoms with Gasteiger partial charge in [0.05, 0.1) is 16.2 Å². The Kier molecular flexibility index (Phi) is 3.44. The van der Waals surface area contributed by atoms with Gasteiger partial charge in [-0.15, -0.1) is 0 Å². The summed E-state index contributed by atoms with van der Waals surface area (Å²) in [4.78, 5) is 10.1. The highest BCUT2D eigenvalue weighted by molar-refractivity contribution is 5.68. The van der Waals surface area contributed by atoms with Crippen LogP contribution < -0.4 is 5.32 Å². The van der Waals surface area contributed by atoms with Gasteiger partial charge in [-0.3, -0.25) is 10.1 Å². The van der Waals surface area contributed by atoms with E-state index < -0.39 is 4.92 Å². The van der Waals surface area contributed by atoms with Crippen LogP contribution in [-0.4, -0.2) is 4.92 Å².